The minimum atomic E-state index is -0.0980. The fourth-order valence-electron chi connectivity index (χ4n) is 3.30. The van der Waals surface area contributed by atoms with Crippen LogP contribution in [0.4, 0.5) is 0 Å². The first-order valence-electron chi connectivity index (χ1n) is 8.57. The summed E-state index contributed by atoms with van der Waals surface area (Å²) in [5.41, 5.74) is 3.19. The second kappa shape index (κ2) is 7.00. The standard InChI is InChI=1S/C20H19N3O3/c1-25-15-9-6-14(7-10-15)20-22-18(23-26-20)12-21-19(24)17-11-8-13-4-2-3-5-16(13)17/h2-7,9-10,17H,8,11-12H2,1H3,(H,21,24)/t17-/m1/s1. The number of nitrogens with one attached hydrogen (secondary N) is 1. The van der Waals surface area contributed by atoms with Crippen molar-refractivity contribution in [1.82, 2.24) is 15.5 Å². The molecule has 0 aliphatic heterocycles. The van der Waals surface area contributed by atoms with Crippen LogP contribution in [0.3, 0.4) is 0 Å². The molecular weight excluding hydrogens is 330 g/mol. The number of nitrogens with zero attached hydrogens (tertiary/aromatic N) is 2. The highest BCUT2D eigenvalue weighted by Crippen LogP contribution is 2.32. The SMILES string of the molecule is COc1ccc(-c2nc(CNC(=O)[C@@H]3CCc4ccccc43)no2)cc1. The zero-order chi connectivity index (χ0) is 17.9. The van der Waals surface area contributed by atoms with Crippen molar-refractivity contribution in [2.24, 2.45) is 0 Å². The quantitative estimate of drug-likeness (QED) is 0.766. The van der Waals surface area contributed by atoms with Crippen molar-refractivity contribution in [1.29, 1.82) is 0 Å². The molecule has 0 bridgehead atoms. The summed E-state index contributed by atoms with van der Waals surface area (Å²) in [5.74, 6) is 1.54. The molecule has 0 radical (unpaired) electrons. The van der Waals surface area contributed by atoms with Gasteiger partial charge in [-0.2, -0.15) is 4.98 Å². The van der Waals surface area contributed by atoms with E-state index in [0.717, 1.165) is 29.7 Å². The van der Waals surface area contributed by atoms with Gasteiger partial charge in [0.25, 0.3) is 5.89 Å². The topological polar surface area (TPSA) is 77.2 Å². The molecule has 0 saturated carbocycles. The van der Waals surface area contributed by atoms with E-state index in [1.807, 2.05) is 42.5 Å². The molecule has 2 aromatic carbocycles. The number of hydrogen-bond donors (Lipinski definition) is 1. The van der Waals surface area contributed by atoms with Gasteiger partial charge in [0, 0.05) is 5.56 Å². The molecule has 1 aromatic heterocycles. The van der Waals surface area contributed by atoms with Crippen LogP contribution >= 0.6 is 0 Å². The maximum atomic E-state index is 12.5. The number of aromatic nitrogens is 2. The van der Waals surface area contributed by atoms with E-state index >= 15 is 0 Å². The van der Waals surface area contributed by atoms with Gasteiger partial charge in [0.2, 0.25) is 5.91 Å². The van der Waals surface area contributed by atoms with Crippen LogP contribution < -0.4 is 10.1 Å². The molecular formula is C20H19N3O3. The summed E-state index contributed by atoms with van der Waals surface area (Å²) >= 11 is 0. The Bertz CT molecular complexity index is 918. The Labute approximate surface area is 151 Å². The fraction of sp³-hybridized carbons (Fsp3) is 0.250. The molecule has 6 nitrogen and oxygen atoms in total. The molecule has 1 N–H and O–H groups in total. The van der Waals surface area contributed by atoms with Gasteiger partial charge in [0.05, 0.1) is 19.6 Å². The molecule has 1 heterocycles. The first-order chi connectivity index (χ1) is 12.7. The molecule has 1 atom stereocenters. The number of fused-ring (bicyclic) bond motifs is 1. The van der Waals surface area contributed by atoms with Crippen molar-refractivity contribution < 1.29 is 14.1 Å². The van der Waals surface area contributed by atoms with Crippen LogP contribution in [0.15, 0.2) is 53.1 Å². The second-order valence-electron chi connectivity index (χ2n) is 6.25. The summed E-state index contributed by atoms with van der Waals surface area (Å²) in [4.78, 5) is 16.9. The van der Waals surface area contributed by atoms with Crippen LogP contribution in [0.25, 0.3) is 11.5 Å². The number of amides is 1. The molecule has 1 aliphatic carbocycles. The van der Waals surface area contributed by atoms with Gasteiger partial charge in [-0.3, -0.25) is 4.79 Å². The van der Waals surface area contributed by atoms with Gasteiger partial charge < -0.3 is 14.6 Å². The van der Waals surface area contributed by atoms with Crippen molar-refractivity contribution in [2.45, 2.75) is 25.3 Å². The summed E-state index contributed by atoms with van der Waals surface area (Å²) in [7, 11) is 1.62. The van der Waals surface area contributed by atoms with Crippen LogP contribution in [-0.4, -0.2) is 23.2 Å². The normalized spacial score (nSPS) is 15.5. The lowest BCUT2D eigenvalue weighted by atomic mass is 10.0. The third kappa shape index (κ3) is 3.18. The molecule has 0 unspecified atom stereocenters. The van der Waals surface area contributed by atoms with Crippen molar-refractivity contribution in [2.75, 3.05) is 7.11 Å². The molecule has 0 fully saturated rings. The Morgan fingerprint density at radius 2 is 2.04 bits per heavy atom. The average molecular weight is 349 g/mol. The molecule has 0 spiro atoms. The maximum absolute atomic E-state index is 12.5. The number of methoxy groups -OCH3 is 1. The zero-order valence-corrected chi connectivity index (χ0v) is 14.4. The van der Waals surface area contributed by atoms with Gasteiger partial charge in [-0.1, -0.05) is 29.4 Å². The van der Waals surface area contributed by atoms with Crippen molar-refractivity contribution >= 4 is 5.91 Å². The highest BCUT2D eigenvalue weighted by Gasteiger charge is 2.28. The summed E-state index contributed by atoms with van der Waals surface area (Å²) in [6, 6.07) is 15.5. The number of carbonyl (C=O) groups is 1. The van der Waals surface area contributed by atoms with Crippen LogP contribution in [0.2, 0.25) is 0 Å². The minimum absolute atomic E-state index is 0.00532. The number of aryl methyl sites for hydroxylation is 1. The van der Waals surface area contributed by atoms with E-state index in [-0.39, 0.29) is 18.4 Å². The van der Waals surface area contributed by atoms with Crippen LogP contribution in [0.5, 0.6) is 5.75 Å². The third-order valence-electron chi connectivity index (χ3n) is 4.68. The Balaban J connectivity index is 1.39. The smallest absolute Gasteiger partial charge is 0.257 e. The van der Waals surface area contributed by atoms with Gasteiger partial charge in [-0.25, -0.2) is 0 Å². The third-order valence-corrected chi connectivity index (χ3v) is 4.68. The van der Waals surface area contributed by atoms with Crippen molar-refractivity contribution in [3.8, 4) is 17.2 Å². The summed E-state index contributed by atoms with van der Waals surface area (Å²) in [6.07, 6.45) is 1.78. The van der Waals surface area contributed by atoms with E-state index < -0.39 is 0 Å². The van der Waals surface area contributed by atoms with E-state index in [9.17, 15) is 4.79 Å². The molecule has 4 rings (SSSR count). The number of hydrogen-bond acceptors (Lipinski definition) is 5. The highest BCUT2D eigenvalue weighted by molar-refractivity contribution is 5.84. The fourth-order valence-corrected chi connectivity index (χ4v) is 3.30. The monoisotopic (exact) mass is 349 g/mol. The lowest BCUT2D eigenvalue weighted by Gasteiger charge is -2.10. The second-order valence-corrected chi connectivity index (χ2v) is 6.25. The Morgan fingerprint density at radius 1 is 1.23 bits per heavy atom. The summed E-state index contributed by atoms with van der Waals surface area (Å²) in [5, 5.41) is 6.87. The van der Waals surface area contributed by atoms with Gasteiger partial charge >= 0.3 is 0 Å². The Morgan fingerprint density at radius 3 is 2.85 bits per heavy atom. The van der Waals surface area contributed by atoms with Gasteiger partial charge in [-0.15, -0.1) is 0 Å². The number of carbonyl (C=O) groups excluding carboxylic acids is 1. The predicted molar refractivity (Wildman–Crippen MR) is 95.6 cm³/mol. The van der Waals surface area contributed by atoms with Crippen molar-refractivity contribution in [3.63, 3.8) is 0 Å². The van der Waals surface area contributed by atoms with Crippen LogP contribution in [0, 0.1) is 0 Å². The molecule has 132 valence electrons. The van der Waals surface area contributed by atoms with E-state index in [1.165, 1.54) is 5.56 Å². The Hall–Kier alpha value is -3.15. The lowest BCUT2D eigenvalue weighted by Crippen LogP contribution is -2.28. The lowest BCUT2D eigenvalue weighted by molar-refractivity contribution is -0.122. The van der Waals surface area contributed by atoms with Gasteiger partial charge in [0.15, 0.2) is 5.82 Å². The van der Waals surface area contributed by atoms with Gasteiger partial charge in [-0.05, 0) is 48.2 Å². The summed E-state index contributed by atoms with van der Waals surface area (Å²) in [6.45, 7) is 0.247. The molecule has 1 amide bonds. The Kier molecular flexibility index (Phi) is 4.39. The molecule has 3 aromatic rings. The van der Waals surface area contributed by atoms with E-state index in [4.69, 9.17) is 9.26 Å². The molecule has 6 heteroatoms. The predicted octanol–water partition coefficient (Wildman–Crippen LogP) is 3.09. The van der Waals surface area contributed by atoms with Crippen LogP contribution in [0.1, 0.15) is 29.3 Å². The van der Waals surface area contributed by atoms with E-state index in [1.54, 1.807) is 7.11 Å². The number of ether oxygens (including phenoxy) is 1. The van der Waals surface area contributed by atoms with Gasteiger partial charge in [0.1, 0.15) is 5.75 Å². The first-order valence-corrected chi connectivity index (χ1v) is 8.57. The van der Waals surface area contributed by atoms with Crippen molar-refractivity contribution in [3.05, 3.63) is 65.5 Å². The molecule has 0 saturated heterocycles. The largest absolute Gasteiger partial charge is 0.497 e. The van der Waals surface area contributed by atoms with E-state index in [2.05, 4.69) is 21.5 Å². The first kappa shape index (κ1) is 16.3. The van der Waals surface area contributed by atoms with E-state index in [0.29, 0.717) is 11.7 Å². The minimum Gasteiger partial charge on any atom is -0.497 e. The number of rotatable bonds is 5. The average Bonchev–Trinajstić information content (AvgIpc) is 3.33. The molecule has 1 aliphatic rings. The summed E-state index contributed by atoms with van der Waals surface area (Å²) < 4.78 is 10.4. The zero-order valence-electron chi connectivity index (χ0n) is 14.4. The van der Waals surface area contributed by atoms with Crippen LogP contribution in [-0.2, 0) is 17.8 Å². The molecule has 26 heavy (non-hydrogen) atoms. The number of benzene rings is 2. The maximum Gasteiger partial charge on any atom is 0.257 e. The highest BCUT2D eigenvalue weighted by atomic mass is 16.5.